The largest absolute Gasteiger partial charge is 0.329 e. The Labute approximate surface area is 115 Å². The maximum absolute atomic E-state index is 12.7. The van der Waals surface area contributed by atoms with Crippen LogP contribution in [0.15, 0.2) is 15.2 Å². The lowest BCUT2D eigenvalue weighted by molar-refractivity contribution is 0.0774. The number of Topliss-reactive ketones (excluding diaryl/α,β-unsaturated/α-hetero) is 1. The van der Waals surface area contributed by atoms with Crippen molar-refractivity contribution in [2.45, 2.75) is 38.5 Å². The van der Waals surface area contributed by atoms with Gasteiger partial charge in [0.2, 0.25) is 0 Å². The van der Waals surface area contributed by atoms with Crippen LogP contribution < -0.4 is 5.73 Å². The summed E-state index contributed by atoms with van der Waals surface area (Å²) < 4.78 is 0.921. The Morgan fingerprint density at radius 1 is 1.29 bits per heavy atom. The summed E-state index contributed by atoms with van der Waals surface area (Å²) in [6.07, 6.45) is 6.63. The molecular weight excluding hydrogens is 298 g/mol. The van der Waals surface area contributed by atoms with Gasteiger partial charge in [-0.25, -0.2) is 0 Å². The number of ketones is 1. The first kappa shape index (κ1) is 13.2. The van der Waals surface area contributed by atoms with Crippen LogP contribution in [0.2, 0.25) is 0 Å². The first-order chi connectivity index (χ1) is 8.19. The molecule has 0 atom stereocenters. The summed E-state index contributed by atoms with van der Waals surface area (Å²) in [6.45, 7) is 0.480. The second-order valence-corrected chi connectivity index (χ2v) is 6.46. The van der Waals surface area contributed by atoms with Crippen LogP contribution in [0.1, 0.15) is 48.9 Å². The predicted molar refractivity (Wildman–Crippen MR) is 75.5 cm³/mol. The third kappa shape index (κ3) is 2.64. The molecule has 2 nitrogen and oxygen atoms in total. The molecule has 0 unspecified atom stereocenters. The lowest BCUT2D eigenvalue weighted by Crippen LogP contribution is -2.38. The lowest BCUT2D eigenvalue weighted by atomic mass is 9.75. The summed E-state index contributed by atoms with van der Waals surface area (Å²) >= 11 is 5.02. The Hall–Kier alpha value is -0.190. The van der Waals surface area contributed by atoms with Crippen molar-refractivity contribution in [1.82, 2.24) is 0 Å². The van der Waals surface area contributed by atoms with Crippen LogP contribution in [0.25, 0.3) is 0 Å². The van der Waals surface area contributed by atoms with Gasteiger partial charge in [0.25, 0.3) is 0 Å². The normalized spacial score (nSPS) is 19.9. The molecule has 2 N–H and O–H groups in total. The van der Waals surface area contributed by atoms with Gasteiger partial charge < -0.3 is 5.73 Å². The zero-order chi connectivity index (χ0) is 12.3. The van der Waals surface area contributed by atoms with Crippen molar-refractivity contribution >= 4 is 33.0 Å². The van der Waals surface area contributed by atoms with Gasteiger partial charge in [-0.15, -0.1) is 0 Å². The van der Waals surface area contributed by atoms with Crippen LogP contribution in [0, 0.1) is 5.41 Å². The molecule has 0 bridgehead atoms. The van der Waals surface area contributed by atoms with Crippen molar-refractivity contribution in [3.63, 3.8) is 0 Å². The van der Waals surface area contributed by atoms with Crippen molar-refractivity contribution in [3.8, 4) is 0 Å². The van der Waals surface area contributed by atoms with E-state index < -0.39 is 0 Å². The highest BCUT2D eigenvalue weighted by atomic mass is 79.9. The van der Waals surface area contributed by atoms with E-state index in [1.165, 1.54) is 12.8 Å². The van der Waals surface area contributed by atoms with Gasteiger partial charge in [0.05, 0.1) is 0 Å². The molecule has 0 amide bonds. The average Bonchev–Trinajstić information content (AvgIpc) is 2.64. The molecule has 1 aliphatic rings. The van der Waals surface area contributed by atoms with Gasteiger partial charge in [0.1, 0.15) is 0 Å². The van der Waals surface area contributed by atoms with Gasteiger partial charge in [-0.05, 0) is 28.8 Å². The number of carbonyl (C=O) groups excluding carboxylic acids is 1. The molecule has 1 saturated carbocycles. The molecule has 0 aliphatic heterocycles. The Morgan fingerprint density at radius 2 is 1.94 bits per heavy atom. The van der Waals surface area contributed by atoms with Crippen molar-refractivity contribution in [1.29, 1.82) is 0 Å². The third-order valence-corrected chi connectivity index (χ3v) is 5.50. The third-order valence-electron chi connectivity index (χ3n) is 3.79. The quantitative estimate of drug-likeness (QED) is 0.677. The number of halogens is 1. The Balaban J connectivity index is 2.28. The number of carbonyl (C=O) groups is 1. The number of rotatable bonds is 3. The van der Waals surface area contributed by atoms with E-state index in [0.29, 0.717) is 6.54 Å². The lowest BCUT2D eigenvalue weighted by Gasteiger charge is -2.29. The topological polar surface area (TPSA) is 43.1 Å². The molecule has 4 heteroatoms. The highest BCUT2D eigenvalue weighted by Crippen LogP contribution is 2.39. The molecule has 0 aromatic carbocycles. The van der Waals surface area contributed by atoms with Crippen molar-refractivity contribution < 1.29 is 4.79 Å². The zero-order valence-corrected chi connectivity index (χ0v) is 12.3. The Bertz CT molecular complexity index is 394. The van der Waals surface area contributed by atoms with Crippen LogP contribution in [0.3, 0.4) is 0 Å². The average molecular weight is 316 g/mol. The van der Waals surface area contributed by atoms with E-state index in [9.17, 15) is 4.79 Å². The summed E-state index contributed by atoms with van der Waals surface area (Å²) in [5.41, 5.74) is 6.45. The number of hydrogen-bond donors (Lipinski definition) is 1. The molecular formula is C13H18BrNOS. The Kier molecular flexibility index (Phi) is 4.39. The summed E-state index contributed by atoms with van der Waals surface area (Å²) in [6, 6.07) is 0. The molecule has 0 spiro atoms. The number of hydrogen-bond acceptors (Lipinski definition) is 3. The second-order valence-electron chi connectivity index (χ2n) is 4.86. The zero-order valence-electron chi connectivity index (χ0n) is 9.88. The molecule has 1 aromatic heterocycles. The van der Waals surface area contributed by atoms with E-state index in [1.54, 1.807) is 11.3 Å². The monoisotopic (exact) mass is 315 g/mol. The summed E-state index contributed by atoms with van der Waals surface area (Å²) in [4.78, 5) is 12.7. The second kappa shape index (κ2) is 5.63. The van der Waals surface area contributed by atoms with Gasteiger partial charge in [0.15, 0.2) is 5.78 Å². The summed E-state index contributed by atoms with van der Waals surface area (Å²) in [5, 5.41) is 3.91. The van der Waals surface area contributed by atoms with Crippen LogP contribution in [-0.4, -0.2) is 12.3 Å². The van der Waals surface area contributed by atoms with Gasteiger partial charge in [-0.1, -0.05) is 25.7 Å². The van der Waals surface area contributed by atoms with E-state index in [0.717, 1.165) is 35.7 Å². The SMILES string of the molecule is NCC1(C(=O)c2cscc2Br)CCCCCC1. The molecule has 0 saturated heterocycles. The summed E-state index contributed by atoms with van der Waals surface area (Å²) in [5.74, 6) is 0.245. The van der Waals surface area contributed by atoms with E-state index in [1.807, 2.05) is 10.8 Å². The molecule has 0 radical (unpaired) electrons. The molecule has 1 fully saturated rings. The maximum Gasteiger partial charge on any atom is 0.172 e. The van der Waals surface area contributed by atoms with E-state index >= 15 is 0 Å². The molecule has 1 aromatic rings. The molecule has 1 heterocycles. The molecule has 1 aliphatic carbocycles. The number of thiophene rings is 1. The van der Waals surface area contributed by atoms with Crippen LogP contribution in [-0.2, 0) is 0 Å². The van der Waals surface area contributed by atoms with E-state index in [2.05, 4.69) is 15.9 Å². The van der Waals surface area contributed by atoms with Gasteiger partial charge in [-0.2, -0.15) is 11.3 Å². The standard InChI is InChI=1S/C13H18BrNOS/c14-11-8-17-7-10(11)12(16)13(9-15)5-3-1-2-4-6-13/h7-8H,1-6,9,15H2. The van der Waals surface area contributed by atoms with Gasteiger partial charge >= 0.3 is 0 Å². The van der Waals surface area contributed by atoms with Crippen molar-refractivity contribution in [3.05, 3.63) is 20.8 Å². The minimum Gasteiger partial charge on any atom is -0.329 e. The highest BCUT2D eigenvalue weighted by Gasteiger charge is 2.38. The first-order valence-corrected chi connectivity index (χ1v) is 7.90. The predicted octanol–water partition coefficient (Wildman–Crippen LogP) is 3.99. The van der Waals surface area contributed by atoms with Crippen LogP contribution in [0.5, 0.6) is 0 Å². The summed E-state index contributed by atoms with van der Waals surface area (Å²) in [7, 11) is 0. The van der Waals surface area contributed by atoms with Crippen LogP contribution in [0.4, 0.5) is 0 Å². The molecule has 94 valence electrons. The minimum absolute atomic E-state index is 0.245. The molecule has 17 heavy (non-hydrogen) atoms. The fourth-order valence-corrected chi connectivity index (χ4v) is 4.11. The van der Waals surface area contributed by atoms with Crippen molar-refractivity contribution in [2.75, 3.05) is 6.54 Å². The van der Waals surface area contributed by atoms with E-state index in [4.69, 9.17) is 5.73 Å². The van der Waals surface area contributed by atoms with Crippen LogP contribution >= 0.6 is 27.3 Å². The molecule has 2 rings (SSSR count). The van der Waals surface area contributed by atoms with Crippen molar-refractivity contribution in [2.24, 2.45) is 11.1 Å². The van der Waals surface area contributed by atoms with E-state index in [-0.39, 0.29) is 11.2 Å². The number of nitrogens with two attached hydrogens (primary N) is 1. The Morgan fingerprint density at radius 3 is 2.41 bits per heavy atom. The highest BCUT2D eigenvalue weighted by molar-refractivity contribution is 9.10. The fraction of sp³-hybridized carbons (Fsp3) is 0.615. The minimum atomic E-state index is -0.305. The van der Waals surface area contributed by atoms with Gasteiger partial charge in [-0.3, -0.25) is 4.79 Å². The maximum atomic E-state index is 12.7. The fourth-order valence-electron chi connectivity index (χ4n) is 2.66. The smallest absolute Gasteiger partial charge is 0.172 e. The first-order valence-electron chi connectivity index (χ1n) is 6.16. The van der Waals surface area contributed by atoms with Gasteiger partial charge in [0, 0.05) is 32.8 Å².